The van der Waals surface area contributed by atoms with Crippen LogP contribution in [-0.4, -0.2) is 34.4 Å². The van der Waals surface area contributed by atoms with Crippen LogP contribution in [-0.2, 0) is 4.79 Å². The second-order valence-electron chi connectivity index (χ2n) is 6.20. The van der Waals surface area contributed by atoms with Gasteiger partial charge >= 0.3 is 0 Å². The zero-order valence-electron chi connectivity index (χ0n) is 12.3. The molecule has 0 saturated heterocycles. The predicted molar refractivity (Wildman–Crippen MR) is 78.6 cm³/mol. The minimum Gasteiger partial charge on any atom is -0.409 e. The standard InChI is InChI=1S/C15H27N3O2/c16-14(17-20)10-11-18(13-7-8-13)15(19)9-6-12-4-2-1-3-5-12/h12-13,20H,1-11H2,(H2,16,17). The van der Waals surface area contributed by atoms with Gasteiger partial charge in [0.05, 0.1) is 0 Å². The molecule has 2 fully saturated rings. The molecule has 0 aliphatic heterocycles. The van der Waals surface area contributed by atoms with E-state index in [0.29, 0.717) is 25.4 Å². The molecule has 0 bridgehead atoms. The van der Waals surface area contributed by atoms with Crippen LogP contribution in [0.3, 0.4) is 0 Å². The molecule has 0 unspecified atom stereocenters. The first-order chi connectivity index (χ1) is 9.70. The molecule has 2 saturated carbocycles. The number of oxime groups is 1. The molecule has 3 N–H and O–H groups in total. The Morgan fingerprint density at radius 3 is 2.45 bits per heavy atom. The second-order valence-corrected chi connectivity index (χ2v) is 6.20. The number of nitrogens with two attached hydrogens (primary N) is 1. The van der Waals surface area contributed by atoms with E-state index in [1.54, 1.807) is 0 Å². The quantitative estimate of drug-likeness (QED) is 0.326. The van der Waals surface area contributed by atoms with Crippen molar-refractivity contribution < 1.29 is 10.0 Å². The molecule has 2 aliphatic rings. The van der Waals surface area contributed by atoms with Crippen LogP contribution in [0.15, 0.2) is 5.16 Å². The molecule has 5 heteroatoms. The highest BCUT2D eigenvalue weighted by Crippen LogP contribution is 2.30. The fourth-order valence-electron chi connectivity index (χ4n) is 3.13. The zero-order valence-corrected chi connectivity index (χ0v) is 12.3. The molecule has 0 atom stereocenters. The van der Waals surface area contributed by atoms with E-state index in [1.165, 1.54) is 32.1 Å². The minimum atomic E-state index is 0.204. The average Bonchev–Trinajstić information content (AvgIpc) is 3.31. The SMILES string of the molecule is NC(CCN(C(=O)CCC1CCCCC1)C1CC1)=NO. The van der Waals surface area contributed by atoms with Gasteiger partial charge in [-0.15, -0.1) is 0 Å². The fourth-order valence-corrected chi connectivity index (χ4v) is 3.13. The van der Waals surface area contributed by atoms with E-state index in [-0.39, 0.29) is 11.7 Å². The number of carbonyl (C=O) groups is 1. The monoisotopic (exact) mass is 281 g/mol. The van der Waals surface area contributed by atoms with Gasteiger partial charge in [0.1, 0.15) is 5.84 Å². The summed E-state index contributed by atoms with van der Waals surface area (Å²) in [6, 6.07) is 0.403. The Morgan fingerprint density at radius 1 is 1.15 bits per heavy atom. The number of amides is 1. The van der Waals surface area contributed by atoms with Crippen molar-refractivity contribution >= 4 is 11.7 Å². The van der Waals surface area contributed by atoms with E-state index in [4.69, 9.17) is 10.9 Å². The summed E-state index contributed by atoms with van der Waals surface area (Å²) in [6.45, 7) is 0.587. The maximum absolute atomic E-state index is 12.4. The number of carbonyl (C=O) groups excluding carboxylic acids is 1. The Morgan fingerprint density at radius 2 is 1.85 bits per heavy atom. The molecule has 0 spiro atoms. The predicted octanol–water partition coefficient (Wildman–Crippen LogP) is 2.47. The van der Waals surface area contributed by atoms with Gasteiger partial charge < -0.3 is 15.8 Å². The van der Waals surface area contributed by atoms with Gasteiger partial charge in [-0.25, -0.2) is 0 Å². The van der Waals surface area contributed by atoms with Crippen molar-refractivity contribution in [1.29, 1.82) is 0 Å². The van der Waals surface area contributed by atoms with Crippen molar-refractivity contribution in [2.75, 3.05) is 6.54 Å². The molecule has 20 heavy (non-hydrogen) atoms. The van der Waals surface area contributed by atoms with Crippen LogP contribution in [0.5, 0.6) is 0 Å². The summed E-state index contributed by atoms with van der Waals surface area (Å²) in [5, 5.41) is 11.5. The van der Waals surface area contributed by atoms with Crippen molar-refractivity contribution in [2.24, 2.45) is 16.8 Å². The lowest BCUT2D eigenvalue weighted by Gasteiger charge is -2.25. The lowest BCUT2D eigenvalue weighted by atomic mass is 9.86. The van der Waals surface area contributed by atoms with Crippen molar-refractivity contribution in [2.45, 2.75) is 70.3 Å². The Labute approximate surface area is 121 Å². The maximum atomic E-state index is 12.4. The molecule has 114 valence electrons. The first-order valence-electron chi connectivity index (χ1n) is 7.96. The van der Waals surface area contributed by atoms with E-state index in [0.717, 1.165) is 25.2 Å². The Bertz CT molecular complexity index is 347. The summed E-state index contributed by atoms with van der Waals surface area (Å²) in [5.41, 5.74) is 5.49. The normalized spacial score (nSPS) is 20.9. The molecular formula is C15H27N3O2. The number of nitrogens with zero attached hydrogens (tertiary/aromatic N) is 2. The topological polar surface area (TPSA) is 78.9 Å². The lowest BCUT2D eigenvalue weighted by Crippen LogP contribution is -2.36. The van der Waals surface area contributed by atoms with Crippen LogP contribution < -0.4 is 5.73 Å². The third-order valence-electron chi connectivity index (χ3n) is 4.54. The number of rotatable bonds is 7. The molecule has 0 aromatic heterocycles. The Kier molecular flexibility index (Phi) is 5.68. The summed E-state index contributed by atoms with van der Waals surface area (Å²) in [5.74, 6) is 1.21. The Hall–Kier alpha value is -1.26. The second kappa shape index (κ2) is 7.50. The lowest BCUT2D eigenvalue weighted by molar-refractivity contribution is -0.132. The summed E-state index contributed by atoms with van der Waals surface area (Å²) in [7, 11) is 0. The molecule has 0 heterocycles. The third-order valence-corrected chi connectivity index (χ3v) is 4.54. The van der Waals surface area contributed by atoms with Crippen LogP contribution in [0.4, 0.5) is 0 Å². The largest absolute Gasteiger partial charge is 0.409 e. The van der Waals surface area contributed by atoms with Gasteiger partial charge in [0.25, 0.3) is 0 Å². The van der Waals surface area contributed by atoms with E-state index < -0.39 is 0 Å². The van der Waals surface area contributed by atoms with Gasteiger partial charge in [-0.05, 0) is 25.2 Å². The van der Waals surface area contributed by atoms with Gasteiger partial charge in [-0.1, -0.05) is 37.3 Å². The highest BCUT2D eigenvalue weighted by atomic mass is 16.4. The van der Waals surface area contributed by atoms with Gasteiger partial charge in [-0.2, -0.15) is 0 Å². The summed E-state index contributed by atoms with van der Waals surface area (Å²) >= 11 is 0. The van der Waals surface area contributed by atoms with Crippen LogP contribution in [0.1, 0.15) is 64.2 Å². The summed E-state index contributed by atoms with van der Waals surface area (Å²) in [4.78, 5) is 14.3. The smallest absolute Gasteiger partial charge is 0.222 e. The van der Waals surface area contributed by atoms with Gasteiger partial charge in [0, 0.05) is 25.4 Å². The van der Waals surface area contributed by atoms with Gasteiger partial charge in [-0.3, -0.25) is 4.79 Å². The van der Waals surface area contributed by atoms with Crippen molar-refractivity contribution in [3.8, 4) is 0 Å². The highest BCUT2D eigenvalue weighted by molar-refractivity contribution is 5.81. The molecule has 0 radical (unpaired) electrons. The zero-order chi connectivity index (χ0) is 14.4. The van der Waals surface area contributed by atoms with Crippen molar-refractivity contribution in [3.63, 3.8) is 0 Å². The molecule has 0 aromatic rings. The van der Waals surface area contributed by atoms with E-state index >= 15 is 0 Å². The molecule has 5 nitrogen and oxygen atoms in total. The van der Waals surface area contributed by atoms with Crippen LogP contribution in [0, 0.1) is 5.92 Å². The number of hydrogen-bond acceptors (Lipinski definition) is 3. The van der Waals surface area contributed by atoms with Crippen LogP contribution >= 0.6 is 0 Å². The van der Waals surface area contributed by atoms with Gasteiger partial charge in [0.2, 0.25) is 5.91 Å². The summed E-state index contributed by atoms with van der Waals surface area (Å²) in [6.07, 6.45) is 11.0. The fraction of sp³-hybridized carbons (Fsp3) is 0.867. The highest BCUT2D eigenvalue weighted by Gasteiger charge is 2.32. The van der Waals surface area contributed by atoms with E-state index in [1.807, 2.05) is 4.90 Å². The molecule has 2 aliphatic carbocycles. The van der Waals surface area contributed by atoms with Crippen molar-refractivity contribution in [1.82, 2.24) is 4.90 Å². The van der Waals surface area contributed by atoms with Crippen LogP contribution in [0.25, 0.3) is 0 Å². The Balaban J connectivity index is 1.74. The molecular weight excluding hydrogens is 254 g/mol. The maximum Gasteiger partial charge on any atom is 0.222 e. The average molecular weight is 281 g/mol. The van der Waals surface area contributed by atoms with E-state index in [2.05, 4.69) is 5.16 Å². The molecule has 2 rings (SSSR count). The third kappa shape index (κ3) is 4.69. The minimum absolute atomic E-state index is 0.204. The van der Waals surface area contributed by atoms with E-state index in [9.17, 15) is 4.79 Å². The molecule has 0 aromatic carbocycles. The first kappa shape index (κ1) is 15.1. The first-order valence-corrected chi connectivity index (χ1v) is 7.96. The summed E-state index contributed by atoms with van der Waals surface area (Å²) < 4.78 is 0. The van der Waals surface area contributed by atoms with Gasteiger partial charge in [0.15, 0.2) is 0 Å². The van der Waals surface area contributed by atoms with Crippen molar-refractivity contribution in [3.05, 3.63) is 0 Å². The van der Waals surface area contributed by atoms with Crippen LogP contribution in [0.2, 0.25) is 0 Å². The molecule has 1 amide bonds. The number of amidine groups is 1. The number of hydrogen-bond donors (Lipinski definition) is 2.